The number of rotatable bonds is 1. The van der Waals surface area contributed by atoms with Gasteiger partial charge in [-0.25, -0.2) is 0 Å². The average Bonchev–Trinajstić information content (AvgIpc) is 2.90. The number of nitrogens with zero attached hydrogens (tertiary/aromatic N) is 2. The van der Waals surface area contributed by atoms with Crippen LogP contribution in [0.1, 0.15) is 30.4 Å². The second-order valence-electron chi connectivity index (χ2n) is 6.51. The molecule has 2 heteroatoms. The normalized spacial score (nSPS) is 29.2. The lowest BCUT2D eigenvalue weighted by Crippen LogP contribution is -2.57. The zero-order valence-electron chi connectivity index (χ0n) is 11.7. The van der Waals surface area contributed by atoms with Crippen molar-refractivity contribution in [3.05, 3.63) is 35.4 Å². The summed E-state index contributed by atoms with van der Waals surface area (Å²) in [6.07, 6.45) is 6.85. The first kappa shape index (κ1) is 11.9. The number of piperazine rings is 1. The Morgan fingerprint density at radius 2 is 1.53 bits per heavy atom. The molecule has 1 aromatic rings. The first-order chi connectivity index (χ1) is 9.40. The molecule has 102 valence electrons. The van der Waals surface area contributed by atoms with Crippen molar-refractivity contribution in [2.45, 2.75) is 44.2 Å². The molecule has 4 rings (SSSR count). The third-order valence-electron chi connectivity index (χ3n) is 5.41. The molecule has 0 aromatic heterocycles. The summed E-state index contributed by atoms with van der Waals surface area (Å²) in [5, 5.41) is 0. The van der Waals surface area contributed by atoms with Crippen LogP contribution in [0.3, 0.4) is 0 Å². The predicted molar refractivity (Wildman–Crippen MR) is 78.4 cm³/mol. The zero-order valence-corrected chi connectivity index (χ0v) is 11.7. The lowest BCUT2D eigenvalue weighted by Gasteiger charge is -2.46. The van der Waals surface area contributed by atoms with E-state index in [0.29, 0.717) is 0 Å². The van der Waals surface area contributed by atoms with Gasteiger partial charge < -0.3 is 0 Å². The van der Waals surface area contributed by atoms with Crippen LogP contribution in [0.2, 0.25) is 0 Å². The van der Waals surface area contributed by atoms with Gasteiger partial charge >= 0.3 is 0 Å². The van der Waals surface area contributed by atoms with E-state index in [0.717, 1.165) is 12.1 Å². The Bertz CT molecular complexity index is 431. The van der Waals surface area contributed by atoms with Crippen LogP contribution >= 0.6 is 0 Å². The van der Waals surface area contributed by atoms with Crippen LogP contribution in [0.15, 0.2) is 24.3 Å². The van der Waals surface area contributed by atoms with Gasteiger partial charge in [0.05, 0.1) is 0 Å². The Kier molecular flexibility index (Phi) is 3.08. The van der Waals surface area contributed by atoms with Crippen LogP contribution in [0.25, 0.3) is 0 Å². The third kappa shape index (κ3) is 2.21. The number of fused-ring (bicyclic) bond motifs is 2. The van der Waals surface area contributed by atoms with Crippen LogP contribution in [-0.4, -0.2) is 48.1 Å². The molecule has 1 atom stereocenters. The van der Waals surface area contributed by atoms with Crippen LogP contribution in [0, 0.1) is 0 Å². The van der Waals surface area contributed by atoms with E-state index < -0.39 is 0 Å². The maximum atomic E-state index is 2.78. The molecule has 1 aromatic carbocycles. The monoisotopic (exact) mass is 256 g/mol. The Labute approximate surface area is 116 Å². The Balaban J connectivity index is 1.44. The summed E-state index contributed by atoms with van der Waals surface area (Å²) in [6, 6.07) is 10.7. The molecule has 0 bridgehead atoms. The van der Waals surface area contributed by atoms with Crippen molar-refractivity contribution in [1.29, 1.82) is 0 Å². The number of hydrogen-bond acceptors (Lipinski definition) is 2. The highest BCUT2D eigenvalue weighted by Crippen LogP contribution is 2.29. The summed E-state index contributed by atoms with van der Waals surface area (Å²) in [4.78, 5) is 5.52. The highest BCUT2D eigenvalue weighted by molar-refractivity contribution is 5.33. The minimum absolute atomic E-state index is 0.779. The molecule has 1 unspecified atom stereocenters. The summed E-state index contributed by atoms with van der Waals surface area (Å²) in [5.74, 6) is 0. The average molecular weight is 256 g/mol. The Hall–Kier alpha value is -0.860. The van der Waals surface area contributed by atoms with Crippen molar-refractivity contribution in [3.63, 3.8) is 0 Å². The maximum Gasteiger partial charge on any atom is 0.0223 e. The first-order valence-corrected chi connectivity index (χ1v) is 7.95. The molecule has 0 N–H and O–H groups in total. The Morgan fingerprint density at radius 3 is 2.32 bits per heavy atom. The minimum Gasteiger partial charge on any atom is -0.298 e. The zero-order chi connectivity index (χ0) is 12.7. The van der Waals surface area contributed by atoms with Crippen molar-refractivity contribution in [3.8, 4) is 0 Å². The molecule has 2 heterocycles. The van der Waals surface area contributed by atoms with E-state index in [1.807, 2.05) is 0 Å². The highest BCUT2D eigenvalue weighted by Gasteiger charge is 2.34. The van der Waals surface area contributed by atoms with Crippen molar-refractivity contribution in [1.82, 2.24) is 9.80 Å². The molecule has 1 aliphatic carbocycles. The SMILES string of the molecule is c1ccc2c(c1)CC(N1CCN3CCCCC3C1)C2. The van der Waals surface area contributed by atoms with Crippen LogP contribution in [-0.2, 0) is 12.8 Å². The molecule has 2 saturated heterocycles. The predicted octanol–water partition coefficient (Wildman–Crippen LogP) is 2.32. The second-order valence-corrected chi connectivity index (χ2v) is 6.51. The van der Waals surface area contributed by atoms with Gasteiger partial charge in [0.15, 0.2) is 0 Å². The van der Waals surface area contributed by atoms with E-state index >= 15 is 0 Å². The van der Waals surface area contributed by atoms with Crippen LogP contribution in [0.5, 0.6) is 0 Å². The molecule has 0 spiro atoms. The number of hydrogen-bond donors (Lipinski definition) is 0. The van der Waals surface area contributed by atoms with Crippen molar-refractivity contribution in [2.75, 3.05) is 26.2 Å². The molecule has 2 fully saturated rings. The van der Waals surface area contributed by atoms with Gasteiger partial charge in [-0.3, -0.25) is 9.80 Å². The van der Waals surface area contributed by atoms with Gasteiger partial charge in [-0.05, 0) is 43.4 Å². The van der Waals surface area contributed by atoms with Gasteiger partial charge in [-0.15, -0.1) is 0 Å². The molecular weight excluding hydrogens is 232 g/mol. The van der Waals surface area contributed by atoms with Gasteiger partial charge in [0, 0.05) is 31.7 Å². The molecule has 19 heavy (non-hydrogen) atoms. The standard InChI is InChI=1S/C17H24N2/c1-2-6-15-12-17(11-14(15)5-1)19-10-9-18-8-4-3-7-16(18)13-19/h1-2,5-6,16-17H,3-4,7-13H2. The molecular formula is C17H24N2. The van der Waals surface area contributed by atoms with Gasteiger partial charge in [0.25, 0.3) is 0 Å². The van der Waals surface area contributed by atoms with E-state index in [9.17, 15) is 0 Å². The van der Waals surface area contributed by atoms with Gasteiger partial charge in [-0.1, -0.05) is 30.7 Å². The van der Waals surface area contributed by atoms with Crippen molar-refractivity contribution >= 4 is 0 Å². The maximum absolute atomic E-state index is 2.78. The van der Waals surface area contributed by atoms with E-state index in [2.05, 4.69) is 34.1 Å². The molecule has 0 saturated carbocycles. The summed E-state index contributed by atoms with van der Waals surface area (Å²) < 4.78 is 0. The van der Waals surface area contributed by atoms with Gasteiger partial charge in [-0.2, -0.15) is 0 Å². The second kappa shape index (κ2) is 4.92. The number of piperidine rings is 1. The first-order valence-electron chi connectivity index (χ1n) is 7.95. The van der Waals surface area contributed by atoms with E-state index in [-0.39, 0.29) is 0 Å². The van der Waals surface area contributed by atoms with Crippen LogP contribution < -0.4 is 0 Å². The fraction of sp³-hybridized carbons (Fsp3) is 0.647. The fourth-order valence-corrected chi connectivity index (χ4v) is 4.31. The summed E-state index contributed by atoms with van der Waals surface area (Å²) in [7, 11) is 0. The molecule has 3 aliphatic rings. The third-order valence-corrected chi connectivity index (χ3v) is 5.41. The van der Waals surface area contributed by atoms with Gasteiger partial charge in [0.1, 0.15) is 0 Å². The lowest BCUT2D eigenvalue weighted by atomic mass is 9.98. The fourth-order valence-electron chi connectivity index (χ4n) is 4.31. The summed E-state index contributed by atoms with van der Waals surface area (Å²) in [6.45, 7) is 5.26. The summed E-state index contributed by atoms with van der Waals surface area (Å²) in [5.41, 5.74) is 3.19. The van der Waals surface area contributed by atoms with Gasteiger partial charge in [0.2, 0.25) is 0 Å². The molecule has 0 radical (unpaired) electrons. The molecule has 2 nitrogen and oxygen atoms in total. The quantitative estimate of drug-likeness (QED) is 0.761. The van der Waals surface area contributed by atoms with Crippen LogP contribution in [0.4, 0.5) is 0 Å². The Morgan fingerprint density at radius 1 is 0.789 bits per heavy atom. The minimum atomic E-state index is 0.779. The van der Waals surface area contributed by atoms with E-state index in [1.54, 1.807) is 11.1 Å². The lowest BCUT2D eigenvalue weighted by molar-refractivity contribution is 0.0294. The molecule has 2 aliphatic heterocycles. The highest BCUT2D eigenvalue weighted by atomic mass is 15.3. The molecule has 0 amide bonds. The van der Waals surface area contributed by atoms with E-state index in [4.69, 9.17) is 0 Å². The summed E-state index contributed by atoms with van der Waals surface area (Å²) >= 11 is 0. The number of benzene rings is 1. The van der Waals surface area contributed by atoms with E-state index in [1.165, 1.54) is 58.3 Å². The van der Waals surface area contributed by atoms with Crippen molar-refractivity contribution < 1.29 is 0 Å². The largest absolute Gasteiger partial charge is 0.298 e. The topological polar surface area (TPSA) is 6.48 Å². The van der Waals surface area contributed by atoms with Crippen molar-refractivity contribution in [2.24, 2.45) is 0 Å². The smallest absolute Gasteiger partial charge is 0.0223 e.